The fourth-order valence-electron chi connectivity index (χ4n) is 2.12. The molecule has 0 aliphatic carbocycles. The molecule has 0 aromatic carbocycles. The van der Waals surface area contributed by atoms with Crippen molar-refractivity contribution in [1.82, 2.24) is 5.32 Å². The summed E-state index contributed by atoms with van der Waals surface area (Å²) in [6, 6.07) is -0.241. The molecule has 0 bridgehead atoms. The van der Waals surface area contributed by atoms with Crippen molar-refractivity contribution >= 4 is 11.9 Å². The normalized spacial score (nSPS) is 29.3. The molecule has 2 rings (SSSR count). The molecule has 2 aliphatic heterocycles. The van der Waals surface area contributed by atoms with Gasteiger partial charge in [0, 0.05) is 30.5 Å². The zero-order valence-corrected chi connectivity index (χ0v) is 9.07. The number of nitrogens with one attached hydrogen (secondary N) is 1. The van der Waals surface area contributed by atoms with Gasteiger partial charge in [0.05, 0.1) is 6.61 Å². The lowest BCUT2D eigenvalue weighted by atomic mass is 9.97. The number of carbonyl (C=O) groups excluding carboxylic acids is 2. The number of esters is 1. The molecule has 88 valence electrons. The molecule has 5 nitrogen and oxygen atoms in total. The van der Waals surface area contributed by atoms with Gasteiger partial charge in [-0.25, -0.2) is 4.79 Å². The van der Waals surface area contributed by atoms with Crippen molar-refractivity contribution in [1.29, 1.82) is 0 Å². The van der Waals surface area contributed by atoms with Gasteiger partial charge in [-0.2, -0.15) is 0 Å². The number of ether oxygens (including phenoxy) is 1. The topological polar surface area (TPSA) is 81.4 Å². The molecule has 16 heavy (non-hydrogen) atoms. The van der Waals surface area contributed by atoms with E-state index in [-0.39, 0.29) is 23.8 Å². The molecule has 3 N–H and O–H groups in total. The van der Waals surface area contributed by atoms with E-state index in [9.17, 15) is 9.59 Å². The lowest BCUT2D eigenvalue weighted by Gasteiger charge is -2.11. The Morgan fingerprint density at radius 1 is 1.56 bits per heavy atom. The summed E-state index contributed by atoms with van der Waals surface area (Å²) in [5.41, 5.74) is 6.54. The van der Waals surface area contributed by atoms with Crippen LogP contribution in [0.1, 0.15) is 19.3 Å². The van der Waals surface area contributed by atoms with E-state index in [1.807, 2.05) is 0 Å². The van der Waals surface area contributed by atoms with E-state index in [1.165, 1.54) is 0 Å². The van der Waals surface area contributed by atoms with Crippen LogP contribution in [-0.2, 0) is 14.3 Å². The predicted molar refractivity (Wildman–Crippen MR) is 57.4 cm³/mol. The van der Waals surface area contributed by atoms with Crippen LogP contribution in [0.3, 0.4) is 0 Å². The van der Waals surface area contributed by atoms with Crippen molar-refractivity contribution in [3.8, 4) is 0 Å². The van der Waals surface area contributed by atoms with Gasteiger partial charge >= 0.3 is 5.97 Å². The first-order valence-corrected chi connectivity index (χ1v) is 5.58. The SMILES string of the molecule is N[C@H](/C=C1/CCOC1=O)C[C@@H]1CCNC1=O. The van der Waals surface area contributed by atoms with E-state index in [0.717, 1.165) is 13.0 Å². The number of rotatable bonds is 3. The zero-order valence-electron chi connectivity index (χ0n) is 9.07. The largest absolute Gasteiger partial charge is 0.462 e. The smallest absolute Gasteiger partial charge is 0.333 e. The maximum atomic E-state index is 11.3. The van der Waals surface area contributed by atoms with Crippen LogP contribution in [0.2, 0.25) is 0 Å². The van der Waals surface area contributed by atoms with Gasteiger partial charge < -0.3 is 15.8 Å². The third kappa shape index (κ3) is 2.41. The summed E-state index contributed by atoms with van der Waals surface area (Å²) in [5, 5.41) is 2.77. The lowest BCUT2D eigenvalue weighted by Crippen LogP contribution is -2.27. The second kappa shape index (κ2) is 4.65. The second-order valence-electron chi connectivity index (χ2n) is 4.25. The van der Waals surface area contributed by atoms with Crippen molar-refractivity contribution < 1.29 is 14.3 Å². The van der Waals surface area contributed by atoms with Crippen LogP contribution in [0.5, 0.6) is 0 Å². The summed E-state index contributed by atoms with van der Waals surface area (Å²) in [7, 11) is 0. The maximum absolute atomic E-state index is 11.3. The number of cyclic esters (lactones) is 1. The zero-order chi connectivity index (χ0) is 11.5. The van der Waals surface area contributed by atoms with E-state index in [2.05, 4.69) is 5.32 Å². The van der Waals surface area contributed by atoms with E-state index in [1.54, 1.807) is 6.08 Å². The molecule has 0 spiro atoms. The van der Waals surface area contributed by atoms with Crippen molar-refractivity contribution in [2.45, 2.75) is 25.3 Å². The highest BCUT2D eigenvalue weighted by molar-refractivity contribution is 5.90. The number of nitrogens with two attached hydrogens (primary N) is 1. The van der Waals surface area contributed by atoms with Crippen LogP contribution in [-0.4, -0.2) is 31.1 Å². The first-order valence-electron chi connectivity index (χ1n) is 5.58. The Labute approximate surface area is 94.0 Å². The molecule has 2 heterocycles. The minimum atomic E-state index is -0.272. The van der Waals surface area contributed by atoms with Crippen LogP contribution < -0.4 is 11.1 Å². The fourth-order valence-corrected chi connectivity index (χ4v) is 2.12. The molecule has 0 aromatic rings. The highest BCUT2D eigenvalue weighted by Gasteiger charge is 2.26. The van der Waals surface area contributed by atoms with Crippen molar-refractivity contribution in [3.63, 3.8) is 0 Å². The van der Waals surface area contributed by atoms with Crippen molar-refractivity contribution in [2.24, 2.45) is 11.7 Å². The maximum Gasteiger partial charge on any atom is 0.333 e. The molecule has 0 radical (unpaired) electrons. The average Bonchev–Trinajstić information content (AvgIpc) is 2.79. The lowest BCUT2D eigenvalue weighted by molar-refractivity contribution is -0.135. The number of amides is 1. The Hall–Kier alpha value is -1.36. The summed E-state index contributed by atoms with van der Waals surface area (Å²) in [6.45, 7) is 1.18. The van der Waals surface area contributed by atoms with Gasteiger partial charge in [0.25, 0.3) is 0 Å². The first kappa shape index (κ1) is 11.1. The van der Waals surface area contributed by atoms with Crippen LogP contribution >= 0.6 is 0 Å². The van der Waals surface area contributed by atoms with Gasteiger partial charge in [0.1, 0.15) is 0 Å². The van der Waals surface area contributed by atoms with Gasteiger partial charge in [0.2, 0.25) is 5.91 Å². The highest BCUT2D eigenvalue weighted by atomic mass is 16.5. The Balaban J connectivity index is 1.90. The number of carbonyl (C=O) groups is 2. The van der Waals surface area contributed by atoms with Gasteiger partial charge in [-0.3, -0.25) is 4.79 Å². The predicted octanol–water partition coefficient (Wildman–Crippen LogP) is -0.287. The molecule has 2 atom stereocenters. The summed E-state index contributed by atoms with van der Waals surface area (Å²) < 4.78 is 4.82. The fraction of sp³-hybridized carbons (Fsp3) is 0.636. The molecule has 5 heteroatoms. The van der Waals surface area contributed by atoms with E-state index in [4.69, 9.17) is 10.5 Å². The summed E-state index contributed by atoms with van der Waals surface area (Å²) in [5.74, 6) is -0.210. The summed E-state index contributed by atoms with van der Waals surface area (Å²) in [6.07, 6.45) is 3.80. The Kier molecular flexibility index (Phi) is 3.24. The minimum absolute atomic E-state index is 0.00993. The third-order valence-corrected chi connectivity index (χ3v) is 3.00. The van der Waals surface area contributed by atoms with Gasteiger partial charge in [0.15, 0.2) is 0 Å². The molecule has 2 fully saturated rings. The van der Waals surface area contributed by atoms with E-state index in [0.29, 0.717) is 25.0 Å². The average molecular weight is 224 g/mol. The molecule has 2 saturated heterocycles. The van der Waals surface area contributed by atoms with E-state index < -0.39 is 0 Å². The molecule has 0 unspecified atom stereocenters. The monoisotopic (exact) mass is 224 g/mol. The second-order valence-corrected chi connectivity index (χ2v) is 4.25. The van der Waals surface area contributed by atoms with Crippen LogP contribution in [0.15, 0.2) is 11.6 Å². The number of hydrogen-bond donors (Lipinski definition) is 2. The van der Waals surface area contributed by atoms with Gasteiger partial charge in [-0.15, -0.1) is 0 Å². The van der Waals surface area contributed by atoms with Crippen LogP contribution in [0.25, 0.3) is 0 Å². The van der Waals surface area contributed by atoms with Crippen molar-refractivity contribution in [2.75, 3.05) is 13.2 Å². The van der Waals surface area contributed by atoms with E-state index >= 15 is 0 Å². The minimum Gasteiger partial charge on any atom is -0.462 e. The summed E-state index contributed by atoms with van der Waals surface area (Å²) in [4.78, 5) is 22.5. The third-order valence-electron chi connectivity index (χ3n) is 3.00. The Bertz CT molecular complexity index is 338. The number of hydrogen-bond acceptors (Lipinski definition) is 4. The standard InChI is InChI=1S/C11H16N2O3/c12-9(5-7-1-3-13-10(7)14)6-8-2-4-16-11(8)15/h6-7,9H,1-5,12H2,(H,13,14)/b8-6-/t7-,9-/m0/s1. The molecule has 0 aromatic heterocycles. The molecule has 1 amide bonds. The molecular formula is C11H16N2O3. The van der Waals surface area contributed by atoms with Crippen molar-refractivity contribution in [3.05, 3.63) is 11.6 Å². The van der Waals surface area contributed by atoms with Gasteiger partial charge in [-0.1, -0.05) is 6.08 Å². The van der Waals surface area contributed by atoms with Gasteiger partial charge in [-0.05, 0) is 12.8 Å². The highest BCUT2D eigenvalue weighted by Crippen LogP contribution is 2.19. The molecule has 0 saturated carbocycles. The quantitative estimate of drug-likeness (QED) is 0.510. The molecule has 2 aliphatic rings. The molecular weight excluding hydrogens is 208 g/mol. The Morgan fingerprint density at radius 2 is 2.38 bits per heavy atom. The Morgan fingerprint density at radius 3 is 2.94 bits per heavy atom. The van der Waals surface area contributed by atoms with Crippen LogP contribution in [0.4, 0.5) is 0 Å². The first-order chi connectivity index (χ1) is 7.66. The van der Waals surface area contributed by atoms with Crippen LogP contribution in [0, 0.1) is 5.92 Å². The summed E-state index contributed by atoms with van der Waals surface area (Å²) >= 11 is 0.